The third-order valence-corrected chi connectivity index (χ3v) is 6.86. The number of rotatable bonds is 1. The first-order valence-electron chi connectivity index (χ1n) is 8.38. The fourth-order valence-corrected chi connectivity index (χ4v) is 5.65. The molecule has 2 fully saturated rings. The summed E-state index contributed by atoms with van der Waals surface area (Å²) in [6.45, 7) is 10.9. The molecule has 1 N–H and O–H groups in total. The van der Waals surface area contributed by atoms with Gasteiger partial charge in [0.1, 0.15) is 0 Å². The van der Waals surface area contributed by atoms with Gasteiger partial charge in [-0.05, 0) is 62.7 Å². The van der Waals surface area contributed by atoms with Crippen molar-refractivity contribution in [2.45, 2.75) is 71.3 Å². The zero-order valence-electron chi connectivity index (χ0n) is 13.4. The van der Waals surface area contributed by atoms with E-state index < -0.39 is 5.60 Å². The Morgan fingerprint density at radius 1 is 1.20 bits per heavy atom. The molecule has 1 heteroatoms. The topological polar surface area (TPSA) is 20.2 Å². The van der Waals surface area contributed by atoms with Crippen LogP contribution in [0.15, 0.2) is 24.3 Å². The smallest absolute Gasteiger partial charge is 0.0653 e. The third kappa shape index (κ3) is 2.01. The predicted octanol–water partition coefficient (Wildman–Crippen LogP) is 4.87. The average molecular weight is 274 g/mol. The van der Waals surface area contributed by atoms with Crippen molar-refractivity contribution in [3.05, 3.63) is 24.3 Å². The van der Waals surface area contributed by atoms with E-state index in [0.29, 0.717) is 17.3 Å². The van der Waals surface area contributed by atoms with Crippen LogP contribution in [0.1, 0.15) is 65.7 Å². The molecule has 0 bridgehead atoms. The fraction of sp³-hybridized carbons (Fsp3) is 0.789. The molecule has 0 saturated heterocycles. The summed E-state index contributed by atoms with van der Waals surface area (Å²) in [4.78, 5) is 0. The number of allylic oxidation sites excluding steroid dienone is 3. The second kappa shape index (κ2) is 4.47. The number of fused-ring (bicyclic) bond motifs is 3. The van der Waals surface area contributed by atoms with E-state index in [1.54, 1.807) is 5.57 Å². The SMILES string of the molecule is C=C[C@@]1(C)C=C2CC[C@@H]3[C@](C)(CCC[C@]3(C)O)[C@H]2CC1. The Kier molecular flexibility index (Phi) is 3.21. The third-order valence-electron chi connectivity index (χ3n) is 6.86. The van der Waals surface area contributed by atoms with Crippen molar-refractivity contribution in [2.24, 2.45) is 22.7 Å². The van der Waals surface area contributed by atoms with Crippen LogP contribution in [-0.4, -0.2) is 10.7 Å². The Morgan fingerprint density at radius 3 is 2.65 bits per heavy atom. The summed E-state index contributed by atoms with van der Waals surface area (Å²) in [5, 5.41) is 10.8. The van der Waals surface area contributed by atoms with Crippen LogP contribution in [-0.2, 0) is 0 Å². The monoisotopic (exact) mass is 274 g/mol. The minimum Gasteiger partial charge on any atom is -0.390 e. The molecule has 3 rings (SSSR count). The first kappa shape index (κ1) is 14.4. The maximum Gasteiger partial charge on any atom is 0.0653 e. The van der Waals surface area contributed by atoms with Crippen LogP contribution in [0.3, 0.4) is 0 Å². The van der Waals surface area contributed by atoms with E-state index in [1.165, 1.54) is 38.5 Å². The lowest BCUT2D eigenvalue weighted by atomic mass is 9.48. The van der Waals surface area contributed by atoms with Crippen LogP contribution >= 0.6 is 0 Å². The number of aliphatic hydroxyl groups is 1. The summed E-state index contributed by atoms with van der Waals surface area (Å²) in [6, 6.07) is 0. The average Bonchev–Trinajstić information content (AvgIpc) is 2.37. The molecule has 5 atom stereocenters. The van der Waals surface area contributed by atoms with Gasteiger partial charge in [0.2, 0.25) is 0 Å². The molecule has 1 nitrogen and oxygen atoms in total. The predicted molar refractivity (Wildman–Crippen MR) is 84.4 cm³/mol. The van der Waals surface area contributed by atoms with Gasteiger partial charge in [-0.1, -0.05) is 38.0 Å². The quantitative estimate of drug-likeness (QED) is 0.677. The molecule has 0 radical (unpaired) electrons. The van der Waals surface area contributed by atoms with Crippen molar-refractivity contribution in [1.82, 2.24) is 0 Å². The van der Waals surface area contributed by atoms with E-state index in [0.717, 1.165) is 6.42 Å². The van der Waals surface area contributed by atoms with Crippen molar-refractivity contribution in [3.63, 3.8) is 0 Å². The molecule has 0 aromatic rings. The molecule has 0 aliphatic heterocycles. The Balaban J connectivity index is 1.97. The molecule has 0 amide bonds. The molecule has 0 aromatic carbocycles. The molecule has 0 spiro atoms. The molecule has 2 saturated carbocycles. The lowest BCUT2D eigenvalue weighted by Gasteiger charge is -2.58. The van der Waals surface area contributed by atoms with Crippen molar-refractivity contribution in [3.8, 4) is 0 Å². The van der Waals surface area contributed by atoms with Crippen LogP contribution < -0.4 is 0 Å². The highest BCUT2D eigenvalue weighted by atomic mass is 16.3. The first-order valence-corrected chi connectivity index (χ1v) is 8.38. The molecule has 20 heavy (non-hydrogen) atoms. The van der Waals surface area contributed by atoms with Gasteiger partial charge in [0, 0.05) is 5.41 Å². The second-order valence-corrected chi connectivity index (χ2v) is 8.33. The summed E-state index contributed by atoms with van der Waals surface area (Å²) < 4.78 is 0. The molecular weight excluding hydrogens is 244 g/mol. The van der Waals surface area contributed by atoms with E-state index in [-0.39, 0.29) is 5.41 Å². The molecule has 0 heterocycles. The van der Waals surface area contributed by atoms with E-state index in [1.807, 2.05) is 0 Å². The first-order chi connectivity index (χ1) is 9.31. The normalized spacial score (nSPS) is 51.7. The maximum absolute atomic E-state index is 10.8. The van der Waals surface area contributed by atoms with E-state index >= 15 is 0 Å². The second-order valence-electron chi connectivity index (χ2n) is 8.33. The summed E-state index contributed by atoms with van der Waals surface area (Å²) in [6.07, 6.45) is 12.9. The van der Waals surface area contributed by atoms with Crippen molar-refractivity contribution in [1.29, 1.82) is 0 Å². The largest absolute Gasteiger partial charge is 0.390 e. The Morgan fingerprint density at radius 2 is 1.95 bits per heavy atom. The van der Waals surface area contributed by atoms with Crippen LogP contribution in [0.25, 0.3) is 0 Å². The molecule has 0 aromatic heterocycles. The van der Waals surface area contributed by atoms with Gasteiger partial charge in [0.05, 0.1) is 5.60 Å². The van der Waals surface area contributed by atoms with Crippen molar-refractivity contribution < 1.29 is 5.11 Å². The number of hydrogen-bond acceptors (Lipinski definition) is 1. The lowest BCUT2D eigenvalue weighted by Crippen LogP contribution is -2.54. The molecular formula is C19H30O. The van der Waals surface area contributed by atoms with E-state index in [4.69, 9.17) is 0 Å². The molecule has 3 aliphatic rings. The van der Waals surface area contributed by atoms with Crippen LogP contribution in [0.4, 0.5) is 0 Å². The zero-order valence-corrected chi connectivity index (χ0v) is 13.4. The van der Waals surface area contributed by atoms with Crippen LogP contribution in [0.2, 0.25) is 0 Å². The Hall–Kier alpha value is -0.560. The van der Waals surface area contributed by atoms with Crippen LogP contribution in [0, 0.1) is 22.7 Å². The maximum atomic E-state index is 10.8. The van der Waals surface area contributed by atoms with Crippen LogP contribution in [0.5, 0.6) is 0 Å². The fourth-order valence-electron chi connectivity index (χ4n) is 5.65. The van der Waals surface area contributed by atoms with Gasteiger partial charge < -0.3 is 5.11 Å². The summed E-state index contributed by atoms with van der Waals surface area (Å²) in [7, 11) is 0. The highest BCUT2D eigenvalue weighted by Crippen LogP contribution is 2.61. The van der Waals surface area contributed by atoms with Gasteiger partial charge in [0.25, 0.3) is 0 Å². The van der Waals surface area contributed by atoms with Gasteiger partial charge >= 0.3 is 0 Å². The zero-order chi connectivity index (χ0) is 14.6. The summed E-state index contributed by atoms with van der Waals surface area (Å²) >= 11 is 0. The van der Waals surface area contributed by atoms with Gasteiger partial charge in [-0.15, -0.1) is 6.58 Å². The van der Waals surface area contributed by atoms with Gasteiger partial charge in [-0.3, -0.25) is 0 Å². The molecule has 112 valence electrons. The van der Waals surface area contributed by atoms with E-state index in [2.05, 4.69) is 39.5 Å². The minimum atomic E-state index is -0.447. The van der Waals surface area contributed by atoms with Crippen molar-refractivity contribution in [2.75, 3.05) is 0 Å². The number of hydrogen-bond donors (Lipinski definition) is 1. The van der Waals surface area contributed by atoms with Crippen molar-refractivity contribution >= 4 is 0 Å². The standard InChI is InChI=1S/C19H30O/c1-5-17(2)12-9-15-14(13-17)7-8-16-18(15,3)10-6-11-19(16,4)20/h5,13,15-16,20H,1,6-12H2,2-4H3/t15-,16+,17+,18+,19-/m0/s1. The lowest BCUT2D eigenvalue weighted by molar-refractivity contribution is -0.127. The minimum absolute atomic E-state index is 0.201. The van der Waals surface area contributed by atoms with Gasteiger partial charge in [-0.2, -0.15) is 0 Å². The van der Waals surface area contributed by atoms with Gasteiger partial charge in [-0.25, -0.2) is 0 Å². The summed E-state index contributed by atoms with van der Waals surface area (Å²) in [5.41, 5.74) is 1.73. The van der Waals surface area contributed by atoms with E-state index in [9.17, 15) is 5.11 Å². The highest BCUT2D eigenvalue weighted by Gasteiger charge is 2.55. The summed E-state index contributed by atoms with van der Waals surface area (Å²) in [5.74, 6) is 1.18. The Bertz CT molecular complexity index is 447. The Labute approximate surface area is 124 Å². The van der Waals surface area contributed by atoms with Gasteiger partial charge in [0.15, 0.2) is 0 Å². The molecule has 0 unspecified atom stereocenters. The highest BCUT2D eigenvalue weighted by molar-refractivity contribution is 5.26. The molecule has 3 aliphatic carbocycles.